The zero-order chi connectivity index (χ0) is 18.1. The van der Waals surface area contributed by atoms with Crippen molar-refractivity contribution in [2.75, 3.05) is 23.3 Å². The maximum atomic E-state index is 12.6. The number of aromatic nitrogens is 2. The Labute approximate surface area is 172 Å². The van der Waals surface area contributed by atoms with Crippen molar-refractivity contribution in [1.82, 2.24) is 9.97 Å². The van der Waals surface area contributed by atoms with Crippen LogP contribution in [0.2, 0.25) is 0 Å². The molecule has 6 nitrogen and oxygen atoms in total. The van der Waals surface area contributed by atoms with Gasteiger partial charge in [0.25, 0.3) is 5.91 Å². The fraction of sp³-hybridized carbons (Fsp3) is 0.263. The molecule has 1 atom stereocenters. The number of anilines is 2. The summed E-state index contributed by atoms with van der Waals surface area (Å²) in [6.45, 7) is 1.72. The predicted octanol–water partition coefficient (Wildman–Crippen LogP) is 3.93. The number of rotatable bonds is 3. The van der Waals surface area contributed by atoms with Gasteiger partial charge >= 0.3 is 0 Å². The van der Waals surface area contributed by atoms with Gasteiger partial charge in [-0.25, -0.2) is 4.98 Å². The Morgan fingerprint density at radius 1 is 1.33 bits per heavy atom. The van der Waals surface area contributed by atoms with Crippen molar-refractivity contribution in [3.05, 3.63) is 52.8 Å². The van der Waals surface area contributed by atoms with E-state index in [4.69, 9.17) is 5.73 Å². The normalized spacial score (nSPS) is 16.8. The molecule has 3 heterocycles. The molecule has 0 bridgehead atoms. The molecule has 0 aliphatic carbocycles. The minimum Gasteiger partial charge on any atom is -0.368 e. The largest absolute Gasteiger partial charge is 0.368 e. The molecule has 0 saturated carbocycles. The summed E-state index contributed by atoms with van der Waals surface area (Å²) in [5.41, 5.74) is 9.28. The zero-order valence-corrected chi connectivity index (χ0v) is 17.0. The quantitative estimate of drug-likeness (QED) is 0.564. The number of hydrogen-bond donors (Lipinski definition) is 3. The maximum Gasteiger partial charge on any atom is 0.255 e. The van der Waals surface area contributed by atoms with E-state index in [0.29, 0.717) is 5.56 Å². The molecule has 3 aromatic rings. The maximum absolute atomic E-state index is 12.6. The molecule has 2 aromatic heterocycles. The van der Waals surface area contributed by atoms with Crippen molar-refractivity contribution in [2.24, 2.45) is 5.73 Å². The molecule has 0 unspecified atom stereocenters. The lowest BCUT2D eigenvalue weighted by molar-refractivity contribution is 0.102. The van der Waals surface area contributed by atoms with E-state index in [1.165, 1.54) is 0 Å². The predicted molar refractivity (Wildman–Crippen MR) is 115 cm³/mol. The van der Waals surface area contributed by atoms with E-state index in [1.54, 1.807) is 24.5 Å². The van der Waals surface area contributed by atoms with Gasteiger partial charge in [0.15, 0.2) is 0 Å². The number of nitrogens with zero attached hydrogens (tertiary/aromatic N) is 2. The number of halogens is 2. The van der Waals surface area contributed by atoms with E-state index in [-0.39, 0.29) is 24.4 Å². The second kappa shape index (κ2) is 8.29. The Kier molecular flexibility index (Phi) is 6.04. The number of piperidine rings is 1. The van der Waals surface area contributed by atoms with Crippen LogP contribution in [0, 0.1) is 0 Å². The van der Waals surface area contributed by atoms with Gasteiger partial charge in [0, 0.05) is 37.1 Å². The van der Waals surface area contributed by atoms with Crippen molar-refractivity contribution in [3.63, 3.8) is 0 Å². The van der Waals surface area contributed by atoms with Gasteiger partial charge in [-0.3, -0.25) is 4.79 Å². The Morgan fingerprint density at radius 2 is 2.11 bits per heavy atom. The number of hydrogen-bond acceptors (Lipinski definition) is 4. The molecule has 4 rings (SSSR count). The zero-order valence-electron chi connectivity index (χ0n) is 14.6. The molecule has 1 saturated heterocycles. The topological polar surface area (TPSA) is 87.0 Å². The Bertz CT molecular complexity index is 946. The highest BCUT2D eigenvalue weighted by atomic mass is 79.9. The van der Waals surface area contributed by atoms with Crippen molar-refractivity contribution >= 4 is 56.7 Å². The highest BCUT2D eigenvalue weighted by molar-refractivity contribution is 9.10. The average Bonchev–Trinajstić information content (AvgIpc) is 3.05. The van der Waals surface area contributed by atoms with Gasteiger partial charge in [0.1, 0.15) is 5.65 Å². The molecule has 0 radical (unpaired) electrons. The minimum absolute atomic E-state index is 0. The summed E-state index contributed by atoms with van der Waals surface area (Å²) in [6, 6.07) is 9.33. The molecule has 1 aliphatic heterocycles. The fourth-order valence-electron chi connectivity index (χ4n) is 3.46. The monoisotopic (exact) mass is 449 g/mol. The second-order valence-corrected chi connectivity index (χ2v) is 7.40. The van der Waals surface area contributed by atoms with Crippen molar-refractivity contribution < 1.29 is 4.79 Å². The van der Waals surface area contributed by atoms with E-state index in [0.717, 1.165) is 52.8 Å². The number of benzene rings is 1. The van der Waals surface area contributed by atoms with Gasteiger partial charge < -0.3 is 20.9 Å². The SMILES string of the molecule is Cl.N[C@@H]1CCCN(c2c(Br)cnc3[nH]cc(NC(=O)c4ccccc4)c23)C1. The smallest absolute Gasteiger partial charge is 0.255 e. The average molecular weight is 451 g/mol. The number of aromatic amines is 1. The Hall–Kier alpha value is -2.09. The Morgan fingerprint density at radius 3 is 2.85 bits per heavy atom. The highest BCUT2D eigenvalue weighted by Crippen LogP contribution is 2.38. The number of carbonyl (C=O) groups is 1. The van der Waals surface area contributed by atoms with Gasteiger partial charge in [-0.1, -0.05) is 18.2 Å². The third-order valence-electron chi connectivity index (χ3n) is 4.69. The molecule has 1 aromatic carbocycles. The van der Waals surface area contributed by atoms with Crippen LogP contribution in [-0.2, 0) is 0 Å². The van der Waals surface area contributed by atoms with Crippen molar-refractivity contribution in [3.8, 4) is 0 Å². The second-order valence-electron chi connectivity index (χ2n) is 6.55. The van der Waals surface area contributed by atoms with Crippen molar-refractivity contribution in [1.29, 1.82) is 0 Å². The summed E-state index contributed by atoms with van der Waals surface area (Å²) in [7, 11) is 0. The standard InChI is InChI=1S/C19H20BrN5O.ClH/c20-14-9-22-18-16(17(14)25-8-4-7-13(21)11-25)15(10-23-18)24-19(26)12-5-2-1-3-6-12;/h1-3,5-6,9-10,13H,4,7-8,11,21H2,(H,22,23)(H,24,26);1H/t13-;/m1./s1. The van der Waals surface area contributed by atoms with Crippen LogP contribution in [0.25, 0.3) is 11.0 Å². The van der Waals surface area contributed by atoms with Crippen LogP contribution < -0.4 is 16.0 Å². The molecule has 8 heteroatoms. The summed E-state index contributed by atoms with van der Waals surface area (Å²) >= 11 is 3.63. The summed E-state index contributed by atoms with van der Waals surface area (Å²) in [4.78, 5) is 22.5. The first-order valence-corrected chi connectivity index (χ1v) is 9.45. The molecule has 27 heavy (non-hydrogen) atoms. The van der Waals surface area contributed by atoms with Gasteiger partial charge in [-0.15, -0.1) is 12.4 Å². The van der Waals surface area contributed by atoms with Crippen LogP contribution in [0.5, 0.6) is 0 Å². The van der Waals surface area contributed by atoms with Crippen LogP contribution in [0.1, 0.15) is 23.2 Å². The first-order valence-electron chi connectivity index (χ1n) is 8.66. The highest BCUT2D eigenvalue weighted by Gasteiger charge is 2.24. The number of pyridine rings is 1. The number of nitrogens with one attached hydrogen (secondary N) is 2. The van der Waals surface area contributed by atoms with Crippen LogP contribution in [0.15, 0.2) is 47.2 Å². The minimum atomic E-state index is -0.146. The van der Waals surface area contributed by atoms with Crippen LogP contribution in [0.3, 0.4) is 0 Å². The number of nitrogens with two attached hydrogens (primary N) is 1. The van der Waals surface area contributed by atoms with Gasteiger partial charge in [-0.05, 0) is 40.9 Å². The summed E-state index contributed by atoms with van der Waals surface area (Å²) in [5, 5.41) is 3.91. The number of carbonyl (C=O) groups excluding carboxylic acids is 1. The molecular weight excluding hydrogens is 430 g/mol. The molecule has 1 aliphatic rings. The Balaban J connectivity index is 0.00000210. The van der Waals surface area contributed by atoms with Crippen LogP contribution in [0.4, 0.5) is 11.4 Å². The third kappa shape index (κ3) is 3.95. The van der Waals surface area contributed by atoms with Gasteiger partial charge in [0.2, 0.25) is 0 Å². The van der Waals surface area contributed by atoms with E-state index in [9.17, 15) is 4.79 Å². The number of amides is 1. The van der Waals surface area contributed by atoms with E-state index in [2.05, 4.69) is 36.1 Å². The molecule has 142 valence electrons. The van der Waals surface area contributed by atoms with E-state index in [1.807, 2.05) is 18.2 Å². The number of fused-ring (bicyclic) bond motifs is 1. The van der Waals surface area contributed by atoms with E-state index >= 15 is 0 Å². The molecule has 1 fully saturated rings. The molecule has 4 N–H and O–H groups in total. The van der Waals surface area contributed by atoms with Gasteiger partial charge in [-0.2, -0.15) is 0 Å². The lowest BCUT2D eigenvalue weighted by Crippen LogP contribution is -2.43. The van der Waals surface area contributed by atoms with Crippen LogP contribution in [-0.4, -0.2) is 35.0 Å². The molecular formula is C19H21BrClN5O. The summed E-state index contributed by atoms with van der Waals surface area (Å²) < 4.78 is 0.897. The van der Waals surface area contributed by atoms with E-state index < -0.39 is 0 Å². The lowest BCUT2D eigenvalue weighted by atomic mass is 10.1. The number of H-pyrrole nitrogens is 1. The fourth-order valence-corrected chi connectivity index (χ4v) is 4.01. The third-order valence-corrected chi connectivity index (χ3v) is 5.27. The van der Waals surface area contributed by atoms with Gasteiger partial charge in [0.05, 0.1) is 21.2 Å². The first-order chi connectivity index (χ1) is 12.6. The first kappa shape index (κ1) is 19.7. The molecule has 1 amide bonds. The lowest BCUT2D eigenvalue weighted by Gasteiger charge is -2.33. The molecule has 0 spiro atoms. The summed E-state index contributed by atoms with van der Waals surface area (Å²) in [6.07, 6.45) is 5.66. The summed E-state index contributed by atoms with van der Waals surface area (Å²) in [5.74, 6) is -0.146. The van der Waals surface area contributed by atoms with Crippen LogP contribution >= 0.6 is 28.3 Å². The van der Waals surface area contributed by atoms with Crippen molar-refractivity contribution in [2.45, 2.75) is 18.9 Å².